The van der Waals surface area contributed by atoms with Gasteiger partial charge in [-0.2, -0.15) is 0 Å². The number of nitrogens with zero attached hydrogens (tertiary/aromatic N) is 1. The number of amides is 1. The van der Waals surface area contributed by atoms with E-state index in [0.717, 1.165) is 29.9 Å². The average Bonchev–Trinajstić information content (AvgIpc) is 3.32. The van der Waals surface area contributed by atoms with Crippen molar-refractivity contribution >= 4 is 17.4 Å². The minimum Gasteiger partial charge on any atom is -0.326 e. The normalized spacial score (nSPS) is 13.1. The lowest BCUT2D eigenvalue weighted by atomic mass is 10.1. The Kier molecular flexibility index (Phi) is 13.2. The second-order valence-electron chi connectivity index (χ2n) is 8.28. The van der Waals surface area contributed by atoms with Crippen LogP contribution >= 0.6 is 0 Å². The Morgan fingerprint density at radius 1 is 0.871 bits per heavy atom. The minimum atomic E-state index is 0.0880. The number of hydrazone groups is 1. The van der Waals surface area contributed by atoms with Gasteiger partial charge >= 0.3 is 0 Å². The summed E-state index contributed by atoms with van der Waals surface area (Å²) in [7, 11) is 0. The fraction of sp³-hybridized carbons (Fsp3) is 0.600. The SMILES string of the molecule is CCCCCCCC/C=C\CCCCCCCC(=O)Nc1ccc(C2=NNNN2)cc1. The molecular formula is C25H41N5O. The van der Waals surface area contributed by atoms with Gasteiger partial charge in [-0.25, -0.2) is 5.53 Å². The summed E-state index contributed by atoms with van der Waals surface area (Å²) in [6, 6.07) is 7.65. The highest BCUT2D eigenvalue weighted by molar-refractivity contribution is 5.99. The van der Waals surface area contributed by atoms with Crippen molar-refractivity contribution in [3.05, 3.63) is 42.0 Å². The molecule has 0 saturated heterocycles. The maximum Gasteiger partial charge on any atom is 0.224 e. The van der Waals surface area contributed by atoms with E-state index in [2.05, 4.69) is 46.0 Å². The lowest BCUT2D eigenvalue weighted by Gasteiger charge is -2.06. The Balaban J connectivity index is 1.41. The number of anilines is 1. The Morgan fingerprint density at radius 3 is 2.10 bits per heavy atom. The van der Waals surface area contributed by atoms with Crippen LogP contribution in [0.5, 0.6) is 0 Å². The minimum absolute atomic E-state index is 0.0880. The van der Waals surface area contributed by atoms with Crippen molar-refractivity contribution in [2.24, 2.45) is 5.10 Å². The molecule has 1 aromatic rings. The molecule has 0 aromatic heterocycles. The number of allylic oxidation sites excluding steroid dienone is 2. The summed E-state index contributed by atoms with van der Waals surface area (Å²) < 4.78 is 0. The van der Waals surface area contributed by atoms with Gasteiger partial charge in [-0.3, -0.25) is 10.2 Å². The lowest BCUT2D eigenvalue weighted by Crippen LogP contribution is -2.35. The molecule has 1 aromatic carbocycles. The van der Waals surface area contributed by atoms with Crippen molar-refractivity contribution in [2.45, 2.75) is 96.8 Å². The van der Waals surface area contributed by atoms with Crippen molar-refractivity contribution in [2.75, 3.05) is 5.32 Å². The van der Waals surface area contributed by atoms with Gasteiger partial charge in [-0.05, 0) is 56.4 Å². The molecule has 172 valence electrons. The summed E-state index contributed by atoms with van der Waals surface area (Å²) in [5, 5.41) is 7.02. The van der Waals surface area contributed by atoms with Crippen LogP contribution in [0.1, 0.15) is 102 Å². The first-order chi connectivity index (χ1) is 15.3. The first-order valence-electron chi connectivity index (χ1n) is 12.2. The number of amidine groups is 1. The Morgan fingerprint density at radius 2 is 1.48 bits per heavy atom. The smallest absolute Gasteiger partial charge is 0.224 e. The van der Waals surface area contributed by atoms with E-state index in [1.165, 1.54) is 70.6 Å². The van der Waals surface area contributed by atoms with Crippen LogP contribution in [0.25, 0.3) is 0 Å². The van der Waals surface area contributed by atoms with Gasteiger partial charge in [0.2, 0.25) is 5.91 Å². The van der Waals surface area contributed by atoms with Gasteiger partial charge in [0.05, 0.1) is 0 Å². The summed E-state index contributed by atoms with van der Waals surface area (Å²) in [6.07, 6.45) is 21.8. The highest BCUT2D eigenvalue weighted by Crippen LogP contribution is 2.13. The average molecular weight is 428 g/mol. The fourth-order valence-corrected chi connectivity index (χ4v) is 3.63. The van der Waals surface area contributed by atoms with Gasteiger partial charge in [0.15, 0.2) is 5.84 Å². The topological polar surface area (TPSA) is 77.5 Å². The van der Waals surface area contributed by atoms with Crippen molar-refractivity contribution in [3.8, 4) is 0 Å². The zero-order valence-corrected chi connectivity index (χ0v) is 19.2. The van der Waals surface area contributed by atoms with Crippen molar-refractivity contribution in [1.82, 2.24) is 16.5 Å². The largest absolute Gasteiger partial charge is 0.326 e. The van der Waals surface area contributed by atoms with E-state index < -0.39 is 0 Å². The van der Waals surface area contributed by atoms with E-state index in [4.69, 9.17) is 0 Å². The molecule has 1 aliphatic heterocycles. The third-order valence-corrected chi connectivity index (χ3v) is 5.51. The van der Waals surface area contributed by atoms with Gasteiger partial charge in [0, 0.05) is 17.7 Å². The molecule has 0 unspecified atom stereocenters. The summed E-state index contributed by atoms with van der Waals surface area (Å²) in [6.45, 7) is 2.27. The number of unbranched alkanes of at least 4 members (excludes halogenated alkanes) is 11. The second kappa shape index (κ2) is 16.4. The molecule has 6 heteroatoms. The van der Waals surface area contributed by atoms with Gasteiger partial charge < -0.3 is 5.32 Å². The molecule has 0 spiro atoms. The summed E-state index contributed by atoms with van der Waals surface area (Å²) in [5.74, 6) is 0.816. The molecule has 4 N–H and O–H groups in total. The van der Waals surface area contributed by atoms with Crippen LogP contribution in [0, 0.1) is 0 Å². The summed E-state index contributed by atoms with van der Waals surface area (Å²) in [4.78, 5) is 12.1. The van der Waals surface area contributed by atoms with Crippen LogP contribution in [0.3, 0.4) is 0 Å². The molecule has 1 heterocycles. The molecule has 0 saturated carbocycles. The molecule has 0 atom stereocenters. The van der Waals surface area contributed by atoms with Gasteiger partial charge in [-0.15, -0.1) is 10.6 Å². The maximum absolute atomic E-state index is 12.1. The van der Waals surface area contributed by atoms with Gasteiger partial charge in [0.1, 0.15) is 0 Å². The van der Waals surface area contributed by atoms with E-state index >= 15 is 0 Å². The Bertz CT molecular complexity index is 669. The maximum atomic E-state index is 12.1. The molecule has 0 fully saturated rings. The van der Waals surface area contributed by atoms with E-state index in [1.807, 2.05) is 24.3 Å². The van der Waals surface area contributed by atoms with Crippen LogP contribution in [0.15, 0.2) is 41.5 Å². The molecular weight excluding hydrogens is 386 g/mol. The number of hydrogen-bond donors (Lipinski definition) is 4. The van der Waals surface area contributed by atoms with E-state index in [-0.39, 0.29) is 5.91 Å². The summed E-state index contributed by atoms with van der Waals surface area (Å²) in [5.41, 5.74) is 10.0. The highest BCUT2D eigenvalue weighted by atomic mass is 16.1. The quantitative estimate of drug-likeness (QED) is 0.183. The van der Waals surface area contributed by atoms with E-state index in [9.17, 15) is 4.79 Å². The van der Waals surface area contributed by atoms with Crippen molar-refractivity contribution in [1.29, 1.82) is 0 Å². The number of rotatable bonds is 17. The van der Waals surface area contributed by atoms with E-state index in [1.54, 1.807) is 0 Å². The number of carbonyl (C=O) groups excluding carboxylic acids is 1. The van der Waals surface area contributed by atoms with Gasteiger partial charge in [0.25, 0.3) is 0 Å². The zero-order chi connectivity index (χ0) is 22.0. The highest BCUT2D eigenvalue weighted by Gasteiger charge is 2.08. The Hall–Kier alpha value is -2.34. The molecule has 0 aliphatic carbocycles. The van der Waals surface area contributed by atoms with Crippen molar-refractivity contribution < 1.29 is 4.79 Å². The number of benzene rings is 1. The standard InChI is InChI=1S/C25H41N5O/c1-2-3-4-5-6-7-8-9-10-11-12-13-14-15-16-17-24(31)26-23-20-18-22(19-21-23)25-27-29-30-28-25/h9-10,18-21,29-30H,2-8,11-17H2,1H3,(H,26,31)(H,27,28)/b10-9-. The number of hydrogen-bond acceptors (Lipinski definition) is 5. The number of carbonyl (C=O) groups is 1. The predicted molar refractivity (Wildman–Crippen MR) is 130 cm³/mol. The first-order valence-corrected chi connectivity index (χ1v) is 12.2. The fourth-order valence-electron chi connectivity index (χ4n) is 3.63. The Labute approximate surface area is 188 Å². The third-order valence-electron chi connectivity index (χ3n) is 5.51. The second-order valence-corrected chi connectivity index (χ2v) is 8.28. The molecule has 0 bridgehead atoms. The number of nitrogens with one attached hydrogen (secondary N) is 4. The van der Waals surface area contributed by atoms with Crippen LogP contribution in [-0.2, 0) is 4.79 Å². The zero-order valence-electron chi connectivity index (χ0n) is 19.2. The predicted octanol–water partition coefficient (Wildman–Crippen LogP) is 5.94. The summed E-state index contributed by atoms with van der Waals surface area (Å²) >= 11 is 0. The molecule has 6 nitrogen and oxygen atoms in total. The monoisotopic (exact) mass is 427 g/mol. The van der Waals surface area contributed by atoms with Crippen molar-refractivity contribution in [3.63, 3.8) is 0 Å². The third kappa shape index (κ3) is 11.6. The van der Waals surface area contributed by atoms with Gasteiger partial charge in [-0.1, -0.05) is 70.4 Å². The van der Waals surface area contributed by atoms with Crippen LogP contribution in [0.4, 0.5) is 5.69 Å². The first kappa shape index (κ1) is 24.9. The van der Waals surface area contributed by atoms with Crippen LogP contribution in [-0.4, -0.2) is 11.7 Å². The van der Waals surface area contributed by atoms with Crippen LogP contribution in [0.2, 0.25) is 0 Å². The molecule has 1 amide bonds. The lowest BCUT2D eigenvalue weighted by molar-refractivity contribution is -0.116. The van der Waals surface area contributed by atoms with E-state index in [0.29, 0.717) is 6.42 Å². The molecule has 2 rings (SSSR count). The molecule has 31 heavy (non-hydrogen) atoms. The molecule has 0 radical (unpaired) electrons. The molecule has 1 aliphatic rings. The van der Waals surface area contributed by atoms with Crippen LogP contribution < -0.4 is 21.8 Å². The number of hydrazine groups is 2.